The number of nitrogens with zero attached hydrogens (tertiary/aromatic N) is 1. The van der Waals surface area contributed by atoms with Crippen molar-refractivity contribution in [2.24, 2.45) is 0 Å². The molecule has 90 valence electrons. The number of alkyl halides is 3. The first-order valence-corrected chi connectivity index (χ1v) is 5.38. The van der Waals surface area contributed by atoms with Gasteiger partial charge in [-0.2, -0.15) is 13.2 Å². The maximum atomic E-state index is 12.6. The number of pyridine rings is 1. The average molecular weight is 280 g/mol. The van der Waals surface area contributed by atoms with Crippen molar-refractivity contribution < 1.29 is 13.2 Å². The first kappa shape index (κ1) is 12.5. The van der Waals surface area contributed by atoms with Crippen LogP contribution >= 0.6 is 23.2 Å². The fraction of sp³-hybridized carbons (Fsp3) is 0.182. The molecule has 0 aliphatic carbocycles. The van der Waals surface area contributed by atoms with Gasteiger partial charge in [-0.15, -0.1) is 0 Å². The van der Waals surface area contributed by atoms with E-state index in [9.17, 15) is 13.2 Å². The monoisotopic (exact) mass is 279 g/mol. The minimum Gasteiger partial charge on any atom is -0.253 e. The summed E-state index contributed by atoms with van der Waals surface area (Å²) in [5.74, 6) is 0. The van der Waals surface area contributed by atoms with E-state index in [4.69, 9.17) is 23.2 Å². The van der Waals surface area contributed by atoms with Crippen LogP contribution in [-0.4, -0.2) is 4.98 Å². The molecule has 0 saturated heterocycles. The Labute approximate surface area is 105 Å². The van der Waals surface area contributed by atoms with Gasteiger partial charge < -0.3 is 0 Å². The van der Waals surface area contributed by atoms with Crippen molar-refractivity contribution in [2.45, 2.75) is 13.1 Å². The molecule has 17 heavy (non-hydrogen) atoms. The smallest absolute Gasteiger partial charge is 0.253 e. The molecule has 0 spiro atoms. The zero-order valence-electron chi connectivity index (χ0n) is 8.57. The molecule has 0 saturated carbocycles. The van der Waals surface area contributed by atoms with Gasteiger partial charge in [0.05, 0.1) is 21.1 Å². The fourth-order valence-electron chi connectivity index (χ4n) is 1.55. The Kier molecular flexibility index (Phi) is 2.96. The average Bonchev–Trinajstić information content (AvgIpc) is 2.16. The van der Waals surface area contributed by atoms with Gasteiger partial charge in [0.2, 0.25) is 0 Å². The van der Waals surface area contributed by atoms with Crippen LogP contribution < -0.4 is 0 Å². The second-order valence-electron chi connectivity index (χ2n) is 3.59. The van der Waals surface area contributed by atoms with Crippen LogP contribution in [0.25, 0.3) is 10.9 Å². The van der Waals surface area contributed by atoms with E-state index >= 15 is 0 Å². The van der Waals surface area contributed by atoms with Crippen LogP contribution in [0, 0.1) is 6.92 Å². The van der Waals surface area contributed by atoms with Crippen LogP contribution in [0.4, 0.5) is 13.2 Å². The molecule has 0 amide bonds. The van der Waals surface area contributed by atoms with Gasteiger partial charge >= 0.3 is 6.18 Å². The maximum Gasteiger partial charge on any atom is 0.417 e. The minimum atomic E-state index is -4.50. The molecule has 1 aromatic carbocycles. The van der Waals surface area contributed by atoms with Gasteiger partial charge in [0.1, 0.15) is 0 Å². The predicted molar refractivity (Wildman–Crippen MR) is 61.5 cm³/mol. The summed E-state index contributed by atoms with van der Waals surface area (Å²) >= 11 is 11.5. The van der Waals surface area contributed by atoms with E-state index in [1.165, 1.54) is 6.07 Å². The lowest BCUT2D eigenvalue weighted by Crippen LogP contribution is -2.06. The Hall–Kier alpha value is -1.00. The Morgan fingerprint density at radius 3 is 2.29 bits per heavy atom. The first-order valence-electron chi connectivity index (χ1n) is 4.62. The maximum absolute atomic E-state index is 12.6. The van der Waals surface area contributed by atoms with Gasteiger partial charge in [0, 0.05) is 11.1 Å². The van der Waals surface area contributed by atoms with Crippen LogP contribution in [0.1, 0.15) is 11.3 Å². The van der Waals surface area contributed by atoms with Gasteiger partial charge in [-0.05, 0) is 25.1 Å². The summed E-state index contributed by atoms with van der Waals surface area (Å²) in [5, 5.41) is 0.371. The molecule has 0 fully saturated rings. The van der Waals surface area contributed by atoms with Crippen molar-refractivity contribution in [3.8, 4) is 0 Å². The van der Waals surface area contributed by atoms with Gasteiger partial charge in [-0.1, -0.05) is 23.2 Å². The second-order valence-corrected chi connectivity index (χ2v) is 4.41. The molecule has 1 heterocycles. The molecular weight excluding hydrogens is 274 g/mol. The lowest BCUT2D eigenvalue weighted by molar-refractivity contribution is -0.137. The summed E-state index contributed by atoms with van der Waals surface area (Å²) in [6, 6.07) is 3.68. The van der Waals surface area contributed by atoms with E-state index < -0.39 is 11.7 Å². The third kappa shape index (κ3) is 2.33. The molecule has 0 unspecified atom stereocenters. The van der Waals surface area contributed by atoms with Gasteiger partial charge in [-0.25, -0.2) is 0 Å². The molecule has 0 aliphatic heterocycles. The second kappa shape index (κ2) is 4.03. The summed E-state index contributed by atoms with van der Waals surface area (Å²) in [7, 11) is 0. The highest BCUT2D eigenvalue weighted by Crippen LogP contribution is 2.38. The topological polar surface area (TPSA) is 12.9 Å². The summed E-state index contributed by atoms with van der Waals surface area (Å²) in [6.45, 7) is 1.66. The molecule has 2 rings (SSSR count). The molecule has 1 nitrogen and oxygen atoms in total. The molecule has 1 aromatic heterocycles. The zero-order valence-corrected chi connectivity index (χ0v) is 10.1. The van der Waals surface area contributed by atoms with E-state index in [0.29, 0.717) is 16.1 Å². The highest BCUT2D eigenvalue weighted by Gasteiger charge is 2.33. The number of fused-ring (bicyclic) bond motifs is 1. The lowest BCUT2D eigenvalue weighted by atomic mass is 10.1. The number of benzene rings is 1. The van der Waals surface area contributed by atoms with Crippen molar-refractivity contribution >= 4 is 34.1 Å². The summed E-state index contributed by atoms with van der Waals surface area (Å²) in [5.41, 5.74) is -0.162. The lowest BCUT2D eigenvalue weighted by Gasteiger charge is -2.11. The van der Waals surface area contributed by atoms with Gasteiger partial charge in [0.15, 0.2) is 0 Å². The standard InChI is InChI=1S/C11H6Cl2F3N/c1-5-2-8(12)6-3-9(13)7(11(14,15)16)4-10(6)17-5/h2-4H,1H3. The molecule has 0 aliphatic rings. The van der Waals surface area contributed by atoms with E-state index in [-0.39, 0.29) is 10.5 Å². The zero-order chi connectivity index (χ0) is 12.8. The van der Waals surface area contributed by atoms with Crippen molar-refractivity contribution in [3.05, 3.63) is 39.5 Å². The van der Waals surface area contributed by atoms with Gasteiger partial charge in [0.25, 0.3) is 0 Å². The number of aromatic nitrogens is 1. The van der Waals surface area contributed by atoms with E-state index in [1.54, 1.807) is 13.0 Å². The van der Waals surface area contributed by atoms with Crippen LogP contribution in [0.15, 0.2) is 18.2 Å². The molecule has 2 aromatic rings. The molecule has 0 bridgehead atoms. The fourth-order valence-corrected chi connectivity index (χ4v) is 2.13. The predicted octanol–water partition coefficient (Wildman–Crippen LogP) is 4.87. The minimum absolute atomic E-state index is 0.187. The Balaban J connectivity index is 2.81. The van der Waals surface area contributed by atoms with Crippen LogP contribution in [0.3, 0.4) is 0 Å². The molecule has 6 heteroatoms. The molecule has 0 N–H and O–H groups in total. The van der Waals surface area contributed by atoms with E-state index in [0.717, 1.165) is 6.07 Å². The van der Waals surface area contributed by atoms with Crippen molar-refractivity contribution in [3.63, 3.8) is 0 Å². The number of halogens is 5. The normalized spacial score (nSPS) is 12.1. The Bertz CT molecular complexity index is 593. The number of hydrogen-bond acceptors (Lipinski definition) is 1. The third-order valence-electron chi connectivity index (χ3n) is 2.28. The van der Waals surface area contributed by atoms with E-state index in [1.807, 2.05) is 0 Å². The van der Waals surface area contributed by atoms with Crippen LogP contribution in [0.5, 0.6) is 0 Å². The van der Waals surface area contributed by atoms with E-state index in [2.05, 4.69) is 4.98 Å². The highest BCUT2D eigenvalue weighted by molar-refractivity contribution is 6.37. The quantitative estimate of drug-likeness (QED) is 0.671. The van der Waals surface area contributed by atoms with Crippen molar-refractivity contribution in [1.82, 2.24) is 4.98 Å². The number of aryl methyl sites for hydroxylation is 1. The first-order chi connectivity index (χ1) is 7.79. The van der Waals surface area contributed by atoms with Crippen LogP contribution in [0.2, 0.25) is 10.0 Å². The SMILES string of the molecule is Cc1cc(Cl)c2cc(Cl)c(C(F)(F)F)cc2n1. The Morgan fingerprint density at radius 1 is 1.06 bits per heavy atom. The van der Waals surface area contributed by atoms with Gasteiger partial charge in [-0.3, -0.25) is 4.98 Å². The third-order valence-corrected chi connectivity index (χ3v) is 2.91. The van der Waals surface area contributed by atoms with Crippen molar-refractivity contribution in [2.75, 3.05) is 0 Å². The van der Waals surface area contributed by atoms with Crippen molar-refractivity contribution in [1.29, 1.82) is 0 Å². The molecular formula is C11H6Cl2F3N. The largest absolute Gasteiger partial charge is 0.417 e. The summed E-state index contributed by atoms with van der Waals surface area (Å²) < 4.78 is 37.9. The molecule has 0 radical (unpaired) electrons. The highest BCUT2D eigenvalue weighted by atomic mass is 35.5. The Morgan fingerprint density at radius 2 is 1.71 bits per heavy atom. The van der Waals surface area contributed by atoms with Crippen LogP contribution in [-0.2, 0) is 6.18 Å². The summed E-state index contributed by atoms with van der Waals surface area (Å²) in [6.07, 6.45) is -4.50. The summed E-state index contributed by atoms with van der Waals surface area (Å²) in [4.78, 5) is 4.01. The number of hydrogen-bond donors (Lipinski definition) is 0. The number of rotatable bonds is 0. The molecule has 0 atom stereocenters.